The van der Waals surface area contributed by atoms with E-state index >= 15 is 0 Å². The molecule has 2 aliphatic rings. The molecule has 0 atom stereocenters. The predicted octanol–water partition coefficient (Wildman–Crippen LogP) is 3.00. The molecule has 7 nitrogen and oxygen atoms in total. The van der Waals surface area contributed by atoms with Crippen molar-refractivity contribution in [3.8, 4) is 0 Å². The molecule has 2 aromatic carbocycles. The molecule has 3 amide bonds. The van der Waals surface area contributed by atoms with Crippen molar-refractivity contribution >= 4 is 57.3 Å². The van der Waals surface area contributed by atoms with E-state index in [9.17, 15) is 14.4 Å². The third-order valence-corrected chi connectivity index (χ3v) is 7.06. The number of hydrogen-bond donors (Lipinski definition) is 1. The van der Waals surface area contributed by atoms with Gasteiger partial charge in [0.05, 0.1) is 16.2 Å². The minimum absolute atomic E-state index is 0.123. The van der Waals surface area contributed by atoms with Crippen LogP contribution in [0.5, 0.6) is 0 Å². The molecule has 1 N–H and O–H groups in total. The van der Waals surface area contributed by atoms with E-state index in [2.05, 4.69) is 5.32 Å². The molecule has 0 saturated carbocycles. The number of rotatable bonds is 9. The van der Waals surface area contributed by atoms with Crippen molar-refractivity contribution in [3.63, 3.8) is 0 Å². The number of methoxy groups -OCH3 is 1. The van der Waals surface area contributed by atoms with E-state index in [0.29, 0.717) is 58.6 Å². The number of nitrogens with zero attached hydrogens (tertiary/aromatic N) is 2. The van der Waals surface area contributed by atoms with Crippen molar-refractivity contribution in [1.82, 2.24) is 10.2 Å². The zero-order chi connectivity index (χ0) is 24.1. The summed E-state index contributed by atoms with van der Waals surface area (Å²) < 4.78 is 5.49. The van der Waals surface area contributed by atoms with E-state index < -0.39 is 0 Å². The molecule has 1 saturated heterocycles. The van der Waals surface area contributed by atoms with Gasteiger partial charge in [-0.15, -0.1) is 0 Å². The Morgan fingerprint density at radius 2 is 1.76 bits per heavy atom. The molecular formula is C25H25N3O4S2. The van der Waals surface area contributed by atoms with Crippen molar-refractivity contribution in [2.24, 2.45) is 0 Å². The molecule has 176 valence electrons. The quantitative estimate of drug-likeness (QED) is 0.327. The van der Waals surface area contributed by atoms with Crippen molar-refractivity contribution in [2.45, 2.75) is 12.8 Å². The standard InChI is InChI=1S/C25H25N3O4S2/c1-32-15-7-14-27-24(31)22(34-25(27)33)21-18-10-5-6-11-19(18)28(23(21)30)16-20(29)26-13-12-17-8-3-2-4-9-17/h2-6,8-11H,7,12-16H2,1H3,(H,26,29). The van der Waals surface area contributed by atoms with Crippen LogP contribution in [0, 0.1) is 0 Å². The molecular weight excluding hydrogens is 470 g/mol. The van der Waals surface area contributed by atoms with Gasteiger partial charge in [-0.1, -0.05) is 72.5 Å². The summed E-state index contributed by atoms with van der Waals surface area (Å²) in [6.45, 7) is 1.29. The fourth-order valence-corrected chi connectivity index (χ4v) is 5.34. The Bertz CT molecular complexity index is 1150. The number of thioether (sulfide) groups is 1. The highest BCUT2D eigenvalue weighted by Crippen LogP contribution is 2.44. The molecule has 0 unspecified atom stereocenters. The summed E-state index contributed by atoms with van der Waals surface area (Å²) in [5, 5.41) is 2.88. The van der Waals surface area contributed by atoms with Gasteiger partial charge in [-0.3, -0.25) is 24.2 Å². The first-order valence-electron chi connectivity index (χ1n) is 11.0. The van der Waals surface area contributed by atoms with Crippen LogP contribution in [0.4, 0.5) is 5.69 Å². The Hall–Kier alpha value is -3.01. The molecule has 4 rings (SSSR count). The molecule has 2 heterocycles. The molecule has 2 aromatic rings. The van der Waals surface area contributed by atoms with E-state index in [1.54, 1.807) is 19.2 Å². The third-order valence-electron chi connectivity index (χ3n) is 5.61. The fraction of sp³-hybridized carbons (Fsp3) is 0.280. The molecule has 2 aliphatic heterocycles. The summed E-state index contributed by atoms with van der Waals surface area (Å²) in [7, 11) is 1.60. The SMILES string of the molecule is COCCCN1C(=O)C(=C2C(=O)N(CC(=O)NCCc3ccccc3)c3ccccc32)SC1=S. The van der Waals surface area contributed by atoms with E-state index in [1.165, 1.54) is 9.80 Å². The number of ether oxygens (including phenoxy) is 1. The number of fused-ring (bicyclic) bond motifs is 1. The van der Waals surface area contributed by atoms with Crippen LogP contribution in [0.1, 0.15) is 17.5 Å². The van der Waals surface area contributed by atoms with Gasteiger partial charge < -0.3 is 10.1 Å². The van der Waals surface area contributed by atoms with Gasteiger partial charge in [-0.2, -0.15) is 0 Å². The summed E-state index contributed by atoms with van der Waals surface area (Å²) in [6, 6.07) is 17.1. The van der Waals surface area contributed by atoms with Gasteiger partial charge in [0.15, 0.2) is 0 Å². The van der Waals surface area contributed by atoms with Crippen molar-refractivity contribution in [1.29, 1.82) is 0 Å². The van der Waals surface area contributed by atoms with Crippen LogP contribution in [0.25, 0.3) is 5.57 Å². The number of anilines is 1. The summed E-state index contributed by atoms with van der Waals surface area (Å²) in [5.74, 6) is -0.900. The highest BCUT2D eigenvalue weighted by Gasteiger charge is 2.42. The van der Waals surface area contributed by atoms with Crippen LogP contribution in [0.3, 0.4) is 0 Å². The Kier molecular flexibility index (Phi) is 7.77. The van der Waals surface area contributed by atoms with E-state index in [1.807, 2.05) is 42.5 Å². The Balaban J connectivity index is 1.50. The first-order valence-corrected chi connectivity index (χ1v) is 12.2. The minimum Gasteiger partial charge on any atom is -0.385 e. The highest BCUT2D eigenvalue weighted by atomic mass is 32.2. The average molecular weight is 496 g/mol. The number of thiocarbonyl (C=S) groups is 1. The van der Waals surface area contributed by atoms with Crippen LogP contribution < -0.4 is 10.2 Å². The molecule has 0 bridgehead atoms. The molecule has 34 heavy (non-hydrogen) atoms. The summed E-state index contributed by atoms with van der Waals surface area (Å²) in [5.41, 5.74) is 2.69. The van der Waals surface area contributed by atoms with Crippen LogP contribution in [-0.2, 0) is 25.5 Å². The van der Waals surface area contributed by atoms with Gasteiger partial charge in [0.1, 0.15) is 10.9 Å². The van der Waals surface area contributed by atoms with Crippen molar-refractivity contribution in [3.05, 3.63) is 70.6 Å². The normalized spacial score (nSPS) is 17.5. The fourth-order valence-electron chi connectivity index (χ4n) is 3.96. The lowest BCUT2D eigenvalue weighted by molar-refractivity contribution is -0.122. The Morgan fingerprint density at radius 3 is 2.53 bits per heavy atom. The summed E-state index contributed by atoms with van der Waals surface area (Å²) >= 11 is 6.54. The van der Waals surface area contributed by atoms with Gasteiger partial charge in [0, 0.05) is 32.4 Å². The van der Waals surface area contributed by atoms with Gasteiger partial charge in [0.25, 0.3) is 11.8 Å². The average Bonchev–Trinajstić information content (AvgIpc) is 3.27. The lowest BCUT2D eigenvalue weighted by Gasteiger charge is -2.17. The molecule has 0 aliphatic carbocycles. The number of nitrogens with one attached hydrogen (secondary N) is 1. The number of carbonyl (C=O) groups excluding carboxylic acids is 3. The second-order valence-electron chi connectivity index (χ2n) is 7.87. The number of hydrogen-bond acceptors (Lipinski definition) is 6. The van der Waals surface area contributed by atoms with Gasteiger partial charge in [-0.05, 0) is 24.5 Å². The zero-order valence-corrected chi connectivity index (χ0v) is 20.4. The molecule has 9 heteroatoms. The van der Waals surface area contributed by atoms with Crippen LogP contribution in [0.2, 0.25) is 0 Å². The van der Waals surface area contributed by atoms with Gasteiger partial charge in [0.2, 0.25) is 5.91 Å². The molecule has 0 spiro atoms. The van der Waals surface area contributed by atoms with E-state index in [4.69, 9.17) is 17.0 Å². The zero-order valence-electron chi connectivity index (χ0n) is 18.8. The molecule has 0 aromatic heterocycles. The minimum atomic E-state index is -0.364. The van der Waals surface area contributed by atoms with Crippen LogP contribution in [-0.4, -0.2) is 60.3 Å². The maximum Gasteiger partial charge on any atom is 0.267 e. The first kappa shape index (κ1) is 24.1. The van der Waals surface area contributed by atoms with E-state index in [0.717, 1.165) is 17.3 Å². The largest absolute Gasteiger partial charge is 0.385 e. The van der Waals surface area contributed by atoms with Crippen molar-refractivity contribution < 1.29 is 19.1 Å². The lowest BCUT2D eigenvalue weighted by Crippen LogP contribution is -2.39. The monoisotopic (exact) mass is 495 g/mol. The third kappa shape index (κ3) is 5.06. The van der Waals surface area contributed by atoms with Gasteiger partial charge in [-0.25, -0.2) is 0 Å². The molecule has 0 radical (unpaired) electrons. The number of carbonyl (C=O) groups is 3. The lowest BCUT2D eigenvalue weighted by atomic mass is 10.1. The summed E-state index contributed by atoms with van der Waals surface area (Å²) in [6.07, 6.45) is 1.35. The van der Waals surface area contributed by atoms with Crippen molar-refractivity contribution in [2.75, 3.05) is 38.3 Å². The summed E-state index contributed by atoms with van der Waals surface area (Å²) in [4.78, 5) is 42.5. The van der Waals surface area contributed by atoms with Crippen LogP contribution in [0.15, 0.2) is 59.5 Å². The second kappa shape index (κ2) is 10.9. The maximum atomic E-state index is 13.4. The first-order chi connectivity index (χ1) is 16.5. The number of benzene rings is 2. The Labute approximate surface area is 208 Å². The second-order valence-corrected chi connectivity index (χ2v) is 9.51. The van der Waals surface area contributed by atoms with Crippen LogP contribution >= 0.6 is 24.0 Å². The Morgan fingerprint density at radius 1 is 1.03 bits per heavy atom. The molecule has 1 fully saturated rings. The highest BCUT2D eigenvalue weighted by molar-refractivity contribution is 8.26. The smallest absolute Gasteiger partial charge is 0.267 e. The van der Waals surface area contributed by atoms with E-state index in [-0.39, 0.29) is 24.3 Å². The number of para-hydroxylation sites is 1. The predicted molar refractivity (Wildman–Crippen MR) is 137 cm³/mol. The number of amides is 3. The topological polar surface area (TPSA) is 79.0 Å². The van der Waals surface area contributed by atoms with Gasteiger partial charge >= 0.3 is 0 Å². The maximum absolute atomic E-state index is 13.4.